The van der Waals surface area contributed by atoms with Crippen molar-refractivity contribution >= 4 is 0 Å². The second-order valence-electron chi connectivity index (χ2n) is 2.99. The van der Waals surface area contributed by atoms with Crippen LogP contribution >= 0.6 is 0 Å². The number of ether oxygens (including phenoxy) is 3. The lowest BCUT2D eigenvalue weighted by Gasteiger charge is -2.07. The summed E-state index contributed by atoms with van der Waals surface area (Å²) in [6, 6.07) is 4.77. The lowest BCUT2D eigenvalue weighted by Crippen LogP contribution is -2.12. The molecule has 1 aromatic rings. The molecule has 1 atom stereocenters. The number of benzene rings is 1. The van der Waals surface area contributed by atoms with E-state index in [9.17, 15) is 10.1 Å². The lowest BCUT2D eigenvalue weighted by molar-refractivity contribution is -0.581. The van der Waals surface area contributed by atoms with E-state index in [-0.39, 0.29) is 6.79 Å². The Hall–Kier alpha value is -1.82. The van der Waals surface area contributed by atoms with Crippen LogP contribution in [0.3, 0.4) is 0 Å². The van der Waals surface area contributed by atoms with E-state index in [0.29, 0.717) is 17.1 Å². The van der Waals surface area contributed by atoms with Gasteiger partial charge in [0.1, 0.15) is 0 Å². The number of nitrogens with zero attached hydrogens (tertiary/aromatic N) is 1. The molecule has 1 unspecified atom stereocenters. The molecule has 0 fully saturated rings. The summed E-state index contributed by atoms with van der Waals surface area (Å²) in [5.41, 5.74) is 0.437. The van der Waals surface area contributed by atoms with Crippen molar-refractivity contribution in [1.29, 1.82) is 0 Å². The third-order valence-corrected chi connectivity index (χ3v) is 2.10. The lowest BCUT2D eigenvalue weighted by atomic mass is 10.2. The minimum Gasteiger partial charge on any atom is -0.454 e. The number of hydrogen-bond acceptors (Lipinski definition) is 5. The standard InChI is InChI=1S/C9H9NO5/c1-13-9(10(11)12)6-2-3-7-8(4-6)15-5-14-7/h2-4,9H,5H2,1H3. The van der Waals surface area contributed by atoms with E-state index in [1.165, 1.54) is 7.11 Å². The number of fused-ring (bicyclic) bond motifs is 1. The summed E-state index contributed by atoms with van der Waals surface area (Å²) >= 11 is 0. The van der Waals surface area contributed by atoms with Crippen molar-refractivity contribution in [2.45, 2.75) is 6.23 Å². The van der Waals surface area contributed by atoms with Gasteiger partial charge < -0.3 is 14.2 Å². The Labute approximate surface area is 85.5 Å². The molecule has 0 radical (unpaired) electrons. The number of rotatable bonds is 3. The number of hydrogen-bond donors (Lipinski definition) is 0. The SMILES string of the molecule is COC(c1ccc2c(c1)OCO2)[N+](=O)[O-]. The molecule has 0 saturated carbocycles. The van der Waals surface area contributed by atoms with Crippen molar-refractivity contribution in [1.82, 2.24) is 0 Å². The summed E-state index contributed by atoms with van der Waals surface area (Å²) in [4.78, 5) is 10.1. The van der Waals surface area contributed by atoms with Gasteiger partial charge in [-0.1, -0.05) is 0 Å². The molecule has 6 nitrogen and oxygen atoms in total. The molecular formula is C9H9NO5. The maximum atomic E-state index is 10.6. The average molecular weight is 211 g/mol. The molecule has 2 rings (SSSR count). The van der Waals surface area contributed by atoms with Crippen LogP contribution in [0.25, 0.3) is 0 Å². The van der Waals surface area contributed by atoms with Crippen molar-refractivity contribution in [3.05, 3.63) is 33.9 Å². The molecule has 1 aromatic carbocycles. The fourth-order valence-corrected chi connectivity index (χ4v) is 1.41. The van der Waals surface area contributed by atoms with Gasteiger partial charge in [-0.25, -0.2) is 0 Å². The van der Waals surface area contributed by atoms with Crippen molar-refractivity contribution in [2.24, 2.45) is 0 Å². The Morgan fingerprint density at radius 1 is 1.47 bits per heavy atom. The molecule has 0 aliphatic carbocycles. The predicted molar refractivity (Wildman–Crippen MR) is 49.3 cm³/mol. The van der Waals surface area contributed by atoms with Gasteiger partial charge >= 0.3 is 6.23 Å². The molecule has 80 valence electrons. The number of methoxy groups -OCH3 is 1. The highest BCUT2D eigenvalue weighted by Crippen LogP contribution is 2.34. The fourth-order valence-electron chi connectivity index (χ4n) is 1.41. The first-order valence-corrected chi connectivity index (χ1v) is 4.28. The summed E-state index contributed by atoms with van der Waals surface area (Å²) in [6.07, 6.45) is -1.17. The van der Waals surface area contributed by atoms with Crippen LogP contribution in [-0.4, -0.2) is 18.8 Å². The quantitative estimate of drug-likeness (QED) is 0.428. The second-order valence-corrected chi connectivity index (χ2v) is 2.99. The van der Waals surface area contributed by atoms with Crippen LogP contribution in [0.4, 0.5) is 0 Å². The summed E-state index contributed by atoms with van der Waals surface area (Å²) in [6.45, 7) is 0.148. The molecule has 1 aliphatic rings. The first kappa shape index (κ1) is 9.72. The zero-order valence-corrected chi connectivity index (χ0v) is 8.00. The van der Waals surface area contributed by atoms with Crippen LogP contribution in [0.5, 0.6) is 11.5 Å². The van der Waals surface area contributed by atoms with Gasteiger partial charge in [0.25, 0.3) is 0 Å². The van der Waals surface area contributed by atoms with Gasteiger partial charge in [0.15, 0.2) is 11.5 Å². The highest BCUT2D eigenvalue weighted by Gasteiger charge is 2.24. The van der Waals surface area contributed by atoms with Crippen LogP contribution in [-0.2, 0) is 4.74 Å². The van der Waals surface area contributed by atoms with E-state index in [0.717, 1.165) is 0 Å². The van der Waals surface area contributed by atoms with Gasteiger partial charge in [0, 0.05) is 7.11 Å². The Bertz CT molecular complexity index is 392. The van der Waals surface area contributed by atoms with Gasteiger partial charge in [-0.3, -0.25) is 10.1 Å². The molecule has 0 aromatic heterocycles. The molecule has 0 spiro atoms. The van der Waals surface area contributed by atoms with Crippen LogP contribution in [0.15, 0.2) is 18.2 Å². The molecular weight excluding hydrogens is 202 g/mol. The highest BCUT2D eigenvalue weighted by atomic mass is 16.7. The molecule has 0 saturated heterocycles. The highest BCUT2D eigenvalue weighted by molar-refractivity contribution is 5.44. The van der Waals surface area contributed by atoms with Crippen LogP contribution < -0.4 is 9.47 Å². The van der Waals surface area contributed by atoms with Gasteiger partial charge in [-0.2, -0.15) is 0 Å². The van der Waals surface area contributed by atoms with Crippen LogP contribution in [0.2, 0.25) is 0 Å². The number of nitro groups is 1. The minimum absolute atomic E-state index is 0.148. The smallest absolute Gasteiger partial charge is 0.341 e. The molecule has 0 bridgehead atoms. The molecule has 0 N–H and O–H groups in total. The monoisotopic (exact) mass is 211 g/mol. The molecule has 15 heavy (non-hydrogen) atoms. The summed E-state index contributed by atoms with van der Waals surface area (Å²) in [7, 11) is 1.29. The topological polar surface area (TPSA) is 70.8 Å². The Morgan fingerprint density at radius 3 is 2.87 bits per heavy atom. The van der Waals surface area contributed by atoms with Crippen LogP contribution in [0, 0.1) is 10.1 Å². The normalized spacial score (nSPS) is 15.0. The first-order chi connectivity index (χ1) is 7.22. The zero-order chi connectivity index (χ0) is 10.8. The van der Waals surface area contributed by atoms with Crippen molar-refractivity contribution in [3.8, 4) is 11.5 Å². The first-order valence-electron chi connectivity index (χ1n) is 4.28. The van der Waals surface area contributed by atoms with E-state index in [1.54, 1.807) is 18.2 Å². The molecule has 1 heterocycles. The summed E-state index contributed by atoms with van der Waals surface area (Å²) in [5, 5.41) is 10.6. The van der Waals surface area contributed by atoms with Gasteiger partial charge in [0.05, 0.1) is 10.5 Å². The van der Waals surface area contributed by atoms with E-state index in [4.69, 9.17) is 14.2 Å². The van der Waals surface area contributed by atoms with Gasteiger partial charge in [0.2, 0.25) is 6.79 Å². The third kappa shape index (κ3) is 1.71. The zero-order valence-electron chi connectivity index (χ0n) is 8.00. The van der Waals surface area contributed by atoms with Gasteiger partial charge in [-0.15, -0.1) is 0 Å². The summed E-state index contributed by atoms with van der Waals surface area (Å²) < 4.78 is 15.0. The van der Waals surface area contributed by atoms with E-state index in [2.05, 4.69) is 0 Å². The minimum atomic E-state index is -1.17. The summed E-state index contributed by atoms with van der Waals surface area (Å²) in [5.74, 6) is 1.10. The Balaban J connectivity index is 2.32. The van der Waals surface area contributed by atoms with E-state index in [1.807, 2.05) is 0 Å². The van der Waals surface area contributed by atoms with Crippen LogP contribution in [0.1, 0.15) is 11.8 Å². The predicted octanol–water partition coefficient (Wildman–Crippen LogP) is 1.34. The average Bonchev–Trinajstić information content (AvgIpc) is 2.65. The second kappa shape index (κ2) is 3.74. The Morgan fingerprint density at radius 2 is 2.20 bits per heavy atom. The fraction of sp³-hybridized carbons (Fsp3) is 0.333. The Kier molecular flexibility index (Phi) is 2.42. The van der Waals surface area contributed by atoms with Crippen molar-refractivity contribution in [3.63, 3.8) is 0 Å². The van der Waals surface area contributed by atoms with E-state index < -0.39 is 11.2 Å². The maximum Gasteiger partial charge on any atom is 0.341 e. The largest absolute Gasteiger partial charge is 0.454 e. The van der Waals surface area contributed by atoms with Crippen molar-refractivity contribution in [2.75, 3.05) is 13.9 Å². The molecule has 0 amide bonds. The third-order valence-electron chi connectivity index (χ3n) is 2.10. The van der Waals surface area contributed by atoms with Gasteiger partial charge in [-0.05, 0) is 18.2 Å². The van der Waals surface area contributed by atoms with Crippen molar-refractivity contribution < 1.29 is 19.1 Å². The molecule has 1 aliphatic heterocycles. The van der Waals surface area contributed by atoms with E-state index >= 15 is 0 Å². The maximum absolute atomic E-state index is 10.6. The molecule has 6 heteroatoms.